The molecule has 2 aliphatic carbocycles. The Kier molecular flexibility index (Phi) is 3.31. The molecule has 0 unspecified atom stereocenters. The van der Waals surface area contributed by atoms with Gasteiger partial charge in [-0.2, -0.15) is 0 Å². The highest BCUT2D eigenvalue weighted by Gasteiger charge is 2.37. The summed E-state index contributed by atoms with van der Waals surface area (Å²) in [6.07, 6.45) is 9.87. The first-order chi connectivity index (χ1) is 8.86. The molecule has 1 aromatic rings. The van der Waals surface area contributed by atoms with E-state index in [-0.39, 0.29) is 5.92 Å². The normalized spacial score (nSPS) is 20.7. The van der Waals surface area contributed by atoms with Crippen LogP contribution in [0.5, 0.6) is 0 Å². The van der Waals surface area contributed by atoms with Crippen molar-refractivity contribution in [1.29, 1.82) is 0 Å². The minimum absolute atomic E-state index is 0.237. The molecule has 1 aromatic heterocycles. The number of hydrogen-bond donors (Lipinski definition) is 0. The maximum absolute atomic E-state index is 12.7. The SMILES string of the molecule is O=C(C1CCCCC1)N(c1ccccn1)C1CC1. The zero-order chi connectivity index (χ0) is 12.4. The van der Waals surface area contributed by atoms with Gasteiger partial charge in [0.05, 0.1) is 0 Å². The van der Waals surface area contributed by atoms with Crippen molar-refractivity contribution in [3.63, 3.8) is 0 Å². The Morgan fingerprint density at radius 2 is 1.89 bits per heavy atom. The van der Waals surface area contributed by atoms with E-state index >= 15 is 0 Å². The lowest BCUT2D eigenvalue weighted by molar-refractivity contribution is -0.123. The first-order valence-corrected chi connectivity index (χ1v) is 7.10. The van der Waals surface area contributed by atoms with Gasteiger partial charge in [0, 0.05) is 18.2 Å². The molecule has 0 atom stereocenters. The summed E-state index contributed by atoms with van der Waals surface area (Å²) < 4.78 is 0. The average molecular weight is 244 g/mol. The van der Waals surface area contributed by atoms with E-state index in [1.165, 1.54) is 19.3 Å². The Morgan fingerprint density at radius 1 is 1.11 bits per heavy atom. The molecule has 0 aromatic carbocycles. The van der Waals surface area contributed by atoms with Crippen LogP contribution in [0.2, 0.25) is 0 Å². The van der Waals surface area contributed by atoms with Crippen molar-refractivity contribution >= 4 is 11.7 Å². The first-order valence-electron chi connectivity index (χ1n) is 7.10. The summed E-state index contributed by atoms with van der Waals surface area (Å²) in [7, 11) is 0. The van der Waals surface area contributed by atoms with Crippen LogP contribution in [-0.2, 0) is 4.79 Å². The lowest BCUT2D eigenvalue weighted by Crippen LogP contribution is -2.39. The van der Waals surface area contributed by atoms with Gasteiger partial charge in [0.2, 0.25) is 5.91 Å². The zero-order valence-electron chi connectivity index (χ0n) is 10.7. The van der Waals surface area contributed by atoms with Crippen molar-refractivity contribution in [1.82, 2.24) is 4.98 Å². The molecule has 0 N–H and O–H groups in total. The maximum Gasteiger partial charge on any atom is 0.231 e. The smallest absolute Gasteiger partial charge is 0.231 e. The fourth-order valence-electron chi connectivity index (χ4n) is 2.86. The third-order valence-corrected chi connectivity index (χ3v) is 4.00. The predicted molar refractivity (Wildman–Crippen MR) is 71.3 cm³/mol. The van der Waals surface area contributed by atoms with E-state index in [0.29, 0.717) is 11.9 Å². The predicted octanol–water partition coefficient (Wildman–Crippen LogP) is 3.16. The van der Waals surface area contributed by atoms with Crippen LogP contribution in [0.1, 0.15) is 44.9 Å². The number of amides is 1. The number of aromatic nitrogens is 1. The van der Waals surface area contributed by atoms with Crippen LogP contribution >= 0.6 is 0 Å². The second-order valence-corrected chi connectivity index (χ2v) is 5.46. The quantitative estimate of drug-likeness (QED) is 0.818. The first kappa shape index (κ1) is 11.7. The van der Waals surface area contributed by atoms with Gasteiger partial charge in [-0.15, -0.1) is 0 Å². The maximum atomic E-state index is 12.7. The number of pyridine rings is 1. The Balaban J connectivity index is 1.79. The van der Waals surface area contributed by atoms with Gasteiger partial charge in [-0.1, -0.05) is 25.3 Å². The number of rotatable bonds is 3. The Morgan fingerprint density at radius 3 is 2.50 bits per heavy atom. The number of nitrogens with zero attached hydrogens (tertiary/aromatic N) is 2. The van der Waals surface area contributed by atoms with Gasteiger partial charge >= 0.3 is 0 Å². The second-order valence-electron chi connectivity index (χ2n) is 5.46. The number of hydrogen-bond acceptors (Lipinski definition) is 2. The molecule has 3 rings (SSSR count). The molecule has 0 aliphatic heterocycles. The summed E-state index contributed by atoms with van der Waals surface area (Å²) >= 11 is 0. The average Bonchev–Trinajstić information content (AvgIpc) is 3.26. The molecule has 0 radical (unpaired) electrons. The lowest BCUT2D eigenvalue weighted by Gasteiger charge is -2.28. The Bertz CT molecular complexity index is 408. The van der Waals surface area contributed by atoms with Crippen LogP contribution in [0.25, 0.3) is 0 Å². The summed E-state index contributed by atoms with van der Waals surface area (Å²) in [6.45, 7) is 0. The highest BCUT2D eigenvalue weighted by molar-refractivity contribution is 5.95. The lowest BCUT2D eigenvalue weighted by atomic mass is 9.88. The summed E-state index contributed by atoms with van der Waals surface area (Å²) in [5.74, 6) is 1.40. The third-order valence-electron chi connectivity index (χ3n) is 4.00. The highest BCUT2D eigenvalue weighted by atomic mass is 16.2. The van der Waals surface area contributed by atoms with Gasteiger partial charge in [0.1, 0.15) is 5.82 Å². The van der Waals surface area contributed by atoms with Crippen molar-refractivity contribution in [2.24, 2.45) is 5.92 Å². The van der Waals surface area contributed by atoms with Crippen molar-refractivity contribution in [2.45, 2.75) is 51.0 Å². The summed E-state index contributed by atoms with van der Waals surface area (Å²) in [5.41, 5.74) is 0. The van der Waals surface area contributed by atoms with E-state index in [4.69, 9.17) is 0 Å². The van der Waals surface area contributed by atoms with E-state index in [1.54, 1.807) is 6.20 Å². The molecule has 0 saturated heterocycles. The Labute approximate surface area is 108 Å². The highest BCUT2D eigenvalue weighted by Crippen LogP contribution is 2.34. The van der Waals surface area contributed by atoms with Crippen LogP contribution in [0, 0.1) is 5.92 Å². The molecule has 1 heterocycles. The number of carbonyl (C=O) groups excluding carboxylic acids is 1. The minimum atomic E-state index is 0.237. The van der Waals surface area contributed by atoms with E-state index in [2.05, 4.69) is 4.98 Å². The van der Waals surface area contributed by atoms with Crippen LogP contribution in [0.15, 0.2) is 24.4 Å². The molecule has 3 nitrogen and oxygen atoms in total. The molecular weight excluding hydrogens is 224 g/mol. The monoisotopic (exact) mass is 244 g/mol. The second kappa shape index (κ2) is 5.09. The molecule has 0 bridgehead atoms. The number of anilines is 1. The van der Waals surface area contributed by atoms with Crippen LogP contribution in [-0.4, -0.2) is 16.9 Å². The minimum Gasteiger partial charge on any atom is -0.293 e. The molecule has 2 fully saturated rings. The molecule has 0 spiro atoms. The van der Waals surface area contributed by atoms with E-state index in [1.807, 2.05) is 23.1 Å². The molecule has 18 heavy (non-hydrogen) atoms. The van der Waals surface area contributed by atoms with E-state index < -0.39 is 0 Å². The summed E-state index contributed by atoms with van der Waals surface area (Å²) in [4.78, 5) is 19.0. The summed E-state index contributed by atoms with van der Waals surface area (Å²) in [6, 6.07) is 6.24. The van der Waals surface area contributed by atoms with Gasteiger partial charge in [-0.3, -0.25) is 9.69 Å². The van der Waals surface area contributed by atoms with Gasteiger partial charge in [-0.05, 0) is 37.8 Å². The van der Waals surface area contributed by atoms with Crippen LogP contribution < -0.4 is 4.90 Å². The third kappa shape index (κ3) is 2.40. The van der Waals surface area contributed by atoms with E-state index in [0.717, 1.165) is 31.5 Å². The standard InChI is InChI=1S/C15H20N2O/c18-15(12-6-2-1-3-7-12)17(13-9-10-13)14-8-4-5-11-16-14/h4-5,8,11-13H,1-3,6-7,9-10H2. The fourth-order valence-corrected chi connectivity index (χ4v) is 2.86. The zero-order valence-corrected chi connectivity index (χ0v) is 10.7. The summed E-state index contributed by atoms with van der Waals surface area (Å²) in [5, 5.41) is 0. The molecule has 2 aliphatic rings. The number of carbonyl (C=O) groups is 1. The van der Waals surface area contributed by atoms with Crippen molar-refractivity contribution < 1.29 is 4.79 Å². The van der Waals surface area contributed by atoms with Gasteiger partial charge < -0.3 is 0 Å². The van der Waals surface area contributed by atoms with Gasteiger partial charge in [-0.25, -0.2) is 4.98 Å². The fraction of sp³-hybridized carbons (Fsp3) is 0.600. The van der Waals surface area contributed by atoms with Crippen LogP contribution in [0.4, 0.5) is 5.82 Å². The topological polar surface area (TPSA) is 33.2 Å². The molecule has 2 saturated carbocycles. The van der Waals surface area contributed by atoms with Crippen molar-refractivity contribution in [2.75, 3.05) is 4.90 Å². The largest absolute Gasteiger partial charge is 0.293 e. The van der Waals surface area contributed by atoms with E-state index in [9.17, 15) is 4.79 Å². The van der Waals surface area contributed by atoms with Gasteiger partial charge in [0.25, 0.3) is 0 Å². The van der Waals surface area contributed by atoms with Crippen molar-refractivity contribution in [3.05, 3.63) is 24.4 Å². The molecular formula is C15H20N2O. The molecule has 96 valence electrons. The molecule has 1 amide bonds. The van der Waals surface area contributed by atoms with Crippen LogP contribution in [0.3, 0.4) is 0 Å². The molecule has 3 heteroatoms. The Hall–Kier alpha value is -1.38. The van der Waals surface area contributed by atoms with Crippen molar-refractivity contribution in [3.8, 4) is 0 Å². The van der Waals surface area contributed by atoms with Gasteiger partial charge in [0.15, 0.2) is 0 Å².